The maximum atomic E-state index is 12.2. The van der Waals surface area contributed by atoms with E-state index in [4.69, 9.17) is 15.3 Å². The van der Waals surface area contributed by atoms with E-state index in [1.165, 1.54) is 12.1 Å². The van der Waals surface area contributed by atoms with E-state index < -0.39 is 18.0 Å². The second-order valence-corrected chi connectivity index (χ2v) is 7.90. The summed E-state index contributed by atoms with van der Waals surface area (Å²) >= 11 is 1.01. The molecular formula is C20H18F3N7O4S. The number of carbonyl (C=O) groups is 1. The Kier molecular flexibility index (Phi) is 6.86. The van der Waals surface area contributed by atoms with E-state index in [0.717, 1.165) is 34.1 Å². The van der Waals surface area contributed by atoms with Gasteiger partial charge >= 0.3 is 6.36 Å². The number of halogens is 3. The van der Waals surface area contributed by atoms with Gasteiger partial charge in [-0.2, -0.15) is 5.10 Å². The molecule has 35 heavy (non-hydrogen) atoms. The highest BCUT2D eigenvalue weighted by Gasteiger charge is 2.31. The summed E-state index contributed by atoms with van der Waals surface area (Å²) < 4.78 is 52.2. The molecule has 0 spiro atoms. The molecule has 1 aliphatic heterocycles. The number of thioether (sulfide) groups is 1. The van der Waals surface area contributed by atoms with Gasteiger partial charge in [0.2, 0.25) is 17.9 Å². The summed E-state index contributed by atoms with van der Waals surface area (Å²) in [7, 11) is 0. The number of nitrogens with two attached hydrogens (primary N) is 1. The number of fused-ring (bicyclic) bond motifs is 1. The Bertz CT molecular complexity index is 1250. The molecule has 11 nitrogen and oxygen atoms in total. The van der Waals surface area contributed by atoms with Crippen molar-refractivity contribution in [2.24, 2.45) is 5.10 Å². The summed E-state index contributed by atoms with van der Waals surface area (Å²) in [6.07, 6.45) is -4.79. The fraction of sp³-hybridized carbons (Fsp3) is 0.200. The van der Waals surface area contributed by atoms with Gasteiger partial charge in [0.05, 0.1) is 11.5 Å². The number of hydrogen-bond acceptors (Lipinski definition) is 10. The number of alkyl halides is 3. The molecule has 0 aliphatic carbocycles. The van der Waals surface area contributed by atoms with Gasteiger partial charge in [-0.25, -0.2) is 10.1 Å². The van der Waals surface area contributed by atoms with Crippen molar-refractivity contribution in [2.75, 3.05) is 29.1 Å². The number of nitrogen functional groups attached to an aromatic ring is 1. The fourth-order valence-corrected chi connectivity index (χ4v) is 3.50. The van der Waals surface area contributed by atoms with Crippen molar-refractivity contribution in [3.8, 4) is 17.2 Å². The third-order valence-electron chi connectivity index (χ3n) is 4.48. The van der Waals surface area contributed by atoms with Crippen LogP contribution in [0.1, 0.15) is 12.5 Å². The van der Waals surface area contributed by atoms with Crippen LogP contribution in [0.25, 0.3) is 0 Å². The van der Waals surface area contributed by atoms with E-state index in [9.17, 15) is 18.0 Å². The zero-order valence-electron chi connectivity index (χ0n) is 18.0. The Morgan fingerprint density at radius 2 is 1.94 bits per heavy atom. The zero-order chi connectivity index (χ0) is 25.0. The fourth-order valence-electron chi connectivity index (χ4n) is 2.84. The van der Waals surface area contributed by atoms with Crippen LogP contribution in [0.2, 0.25) is 0 Å². The molecular weight excluding hydrogens is 491 g/mol. The van der Waals surface area contributed by atoms with Crippen LogP contribution in [-0.2, 0) is 4.79 Å². The molecule has 3 aromatic rings. The summed E-state index contributed by atoms with van der Waals surface area (Å²) in [5.74, 6) is 6.52. The molecule has 0 atom stereocenters. The van der Waals surface area contributed by atoms with Gasteiger partial charge in [0.25, 0.3) is 5.95 Å². The number of ether oxygens (including phenoxy) is 3. The van der Waals surface area contributed by atoms with Crippen molar-refractivity contribution in [2.45, 2.75) is 18.4 Å². The van der Waals surface area contributed by atoms with Gasteiger partial charge in [-0.1, -0.05) is 11.8 Å². The van der Waals surface area contributed by atoms with Crippen molar-refractivity contribution in [3.63, 3.8) is 0 Å². The van der Waals surface area contributed by atoms with Crippen LogP contribution in [0.4, 0.5) is 24.8 Å². The third kappa shape index (κ3) is 6.26. The average molecular weight is 509 g/mol. The SMILES string of the molecule is C/C(=N\Nc1nnc(SCC(=O)Nc2ccc(OC(F)(F)F)cc2)n1N)c1ccc2c(c1)OCO2. The minimum atomic E-state index is -4.79. The standard InChI is InChI=1S/C20H18F3N7O4S/c1-11(12-2-7-15-16(8-12)33-10-32-15)26-27-18-28-29-19(30(18)24)35-9-17(31)25-13-3-5-14(6-4-13)34-20(21,22)23/h2-8H,9-10,24H2,1H3,(H,25,31)(H,27,28)/b26-11+. The van der Waals surface area contributed by atoms with E-state index in [0.29, 0.717) is 22.9 Å². The lowest BCUT2D eigenvalue weighted by Crippen LogP contribution is -2.18. The summed E-state index contributed by atoms with van der Waals surface area (Å²) in [6, 6.07) is 10.2. The molecule has 0 radical (unpaired) electrons. The van der Waals surface area contributed by atoms with Crippen molar-refractivity contribution in [3.05, 3.63) is 48.0 Å². The minimum Gasteiger partial charge on any atom is -0.454 e. The number of nitrogens with one attached hydrogen (secondary N) is 2. The number of benzene rings is 2. The molecule has 1 amide bonds. The normalized spacial score (nSPS) is 13.0. The summed E-state index contributed by atoms with van der Waals surface area (Å²) in [5, 5.41) is 14.9. The first-order valence-corrected chi connectivity index (χ1v) is 10.9. The largest absolute Gasteiger partial charge is 0.573 e. The Morgan fingerprint density at radius 1 is 1.20 bits per heavy atom. The second kappa shape index (κ2) is 10.0. The highest BCUT2D eigenvalue weighted by Crippen LogP contribution is 2.32. The summed E-state index contributed by atoms with van der Waals surface area (Å²) in [6.45, 7) is 1.95. The first-order chi connectivity index (χ1) is 16.7. The zero-order valence-corrected chi connectivity index (χ0v) is 18.8. The van der Waals surface area contributed by atoms with Crippen LogP contribution >= 0.6 is 11.8 Å². The lowest BCUT2D eigenvalue weighted by molar-refractivity contribution is -0.274. The van der Waals surface area contributed by atoms with E-state index in [2.05, 4.69) is 30.8 Å². The molecule has 1 aliphatic rings. The van der Waals surface area contributed by atoms with Crippen LogP contribution in [0.3, 0.4) is 0 Å². The van der Waals surface area contributed by atoms with Crippen LogP contribution in [0.5, 0.6) is 17.2 Å². The lowest BCUT2D eigenvalue weighted by atomic mass is 10.1. The minimum absolute atomic E-state index is 0.0738. The topological polar surface area (TPSA) is 138 Å². The molecule has 2 aromatic carbocycles. The van der Waals surface area contributed by atoms with E-state index in [-0.39, 0.29) is 23.7 Å². The first kappa shape index (κ1) is 24.0. The van der Waals surface area contributed by atoms with Crippen molar-refractivity contribution < 1.29 is 32.2 Å². The number of nitrogens with zero attached hydrogens (tertiary/aromatic N) is 4. The maximum absolute atomic E-state index is 12.2. The molecule has 184 valence electrons. The highest BCUT2D eigenvalue weighted by molar-refractivity contribution is 7.99. The molecule has 4 N–H and O–H groups in total. The molecule has 0 fully saturated rings. The quantitative estimate of drug-likeness (QED) is 0.181. The Balaban J connectivity index is 1.29. The molecule has 0 bridgehead atoms. The monoisotopic (exact) mass is 509 g/mol. The van der Waals surface area contributed by atoms with Crippen molar-refractivity contribution >= 4 is 35.0 Å². The van der Waals surface area contributed by atoms with E-state index >= 15 is 0 Å². The van der Waals surface area contributed by atoms with Crippen LogP contribution in [0.15, 0.2) is 52.7 Å². The third-order valence-corrected chi connectivity index (χ3v) is 5.43. The summed E-state index contributed by atoms with van der Waals surface area (Å²) in [5.41, 5.74) is 4.45. The lowest BCUT2D eigenvalue weighted by Gasteiger charge is -2.10. The number of amides is 1. The Hall–Kier alpha value is -4.14. The Labute approximate surface area is 200 Å². The number of rotatable bonds is 8. The van der Waals surface area contributed by atoms with Crippen LogP contribution in [0, 0.1) is 0 Å². The second-order valence-electron chi connectivity index (χ2n) is 6.96. The van der Waals surface area contributed by atoms with Gasteiger partial charge in [0.15, 0.2) is 11.5 Å². The number of hydrazone groups is 1. The molecule has 2 heterocycles. The van der Waals surface area contributed by atoms with Gasteiger partial charge < -0.3 is 25.4 Å². The molecule has 1 aromatic heterocycles. The predicted molar refractivity (Wildman–Crippen MR) is 121 cm³/mol. The van der Waals surface area contributed by atoms with Gasteiger partial charge in [0.1, 0.15) is 5.75 Å². The maximum Gasteiger partial charge on any atom is 0.573 e. The van der Waals surface area contributed by atoms with Gasteiger partial charge in [-0.15, -0.1) is 23.4 Å². The van der Waals surface area contributed by atoms with Crippen LogP contribution in [-0.4, -0.2) is 45.4 Å². The Morgan fingerprint density at radius 3 is 2.69 bits per heavy atom. The van der Waals surface area contributed by atoms with Crippen molar-refractivity contribution in [1.82, 2.24) is 14.9 Å². The molecule has 0 unspecified atom stereocenters. The smallest absolute Gasteiger partial charge is 0.454 e. The van der Waals surface area contributed by atoms with Gasteiger partial charge in [0, 0.05) is 11.3 Å². The van der Waals surface area contributed by atoms with Gasteiger partial charge in [-0.3, -0.25) is 4.79 Å². The average Bonchev–Trinajstić information content (AvgIpc) is 3.42. The highest BCUT2D eigenvalue weighted by atomic mass is 32.2. The van der Waals surface area contributed by atoms with Crippen molar-refractivity contribution in [1.29, 1.82) is 0 Å². The number of carbonyl (C=O) groups excluding carboxylic acids is 1. The molecule has 0 saturated carbocycles. The summed E-state index contributed by atoms with van der Waals surface area (Å²) in [4.78, 5) is 12.2. The number of hydrogen-bond donors (Lipinski definition) is 3. The molecule has 0 saturated heterocycles. The predicted octanol–water partition coefficient (Wildman–Crippen LogP) is 3.19. The molecule has 15 heteroatoms. The van der Waals surface area contributed by atoms with E-state index in [1.54, 1.807) is 19.1 Å². The first-order valence-electron chi connectivity index (χ1n) is 9.87. The van der Waals surface area contributed by atoms with Gasteiger partial charge in [-0.05, 0) is 49.4 Å². The number of aromatic nitrogens is 3. The van der Waals surface area contributed by atoms with Crippen LogP contribution < -0.4 is 30.8 Å². The van der Waals surface area contributed by atoms with E-state index in [1.807, 2.05) is 6.07 Å². The molecule has 4 rings (SSSR count). The number of anilines is 2.